The van der Waals surface area contributed by atoms with Crippen molar-refractivity contribution in [3.63, 3.8) is 0 Å². The molecule has 1 heterocycles. The number of aliphatic carboxylic acids is 3. The van der Waals surface area contributed by atoms with E-state index in [2.05, 4.69) is 36.0 Å². The van der Waals surface area contributed by atoms with Crippen LogP contribution in [0.4, 0.5) is 0 Å². The van der Waals surface area contributed by atoms with Crippen LogP contribution in [0.3, 0.4) is 0 Å². The monoisotopic (exact) mass is 1200 g/mol. The molecule has 1 saturated heterocycles. The Morgan fingerprint density at radius 2 is 0.712 bits per heavy atom. The minimum absolute atomic E-state index is 0. The van der Waals surface area contributed by atoms with Crippen LogP contribution in [-0.2, 0) is 28.8 Å². The van der Waals surface area contributed by atoms with Crippen molar-refractivity contribution in [1.82, 2.24) is 36.0 Å². The fraction of sp³-hybridized carbons (Fsp3) is 0.455. The summed E-state index contributed by atoms with van der Waals surface area (Å²) in [5, 5.41) is 51.8. The predicted octanol–water partition coefficient (Wildman–Crippen LogP) is -11.2. The second-order valence-electron chi connectivity index (χ2n) is 15.1. The average molecular weight is 1200 g/mol. The summed E-state index contributed by atoms with van der Waals surface area (Å²) in [5.74, 6) is -6.09. The number of rotatable bonds is 17. The number of carboxylic acids is 3. The summed E-state index contributed by atoms with van der Waals surface area (Å²) >= 11 is 0. The number of benzene rings is 3. The Hall–Kier alpha value is -4.58. The smallest absolute Gasteiger partial charge is 0.550 e. The number of aliphatic hydroxyl groups is 1. The van der Waals surface area contributed by atoms with Crippen LogP contribution in [0.15, 0.2) is 91.0 Å². The quantitative estimate of drug-likeness (QED) is 0.0839. The third-order valence-electron chi connectivity index (χ3n) is 10.1. The Kier molecular flexibility index (Phi) is 60.4. The molecule has 0 radical (unpaired) electrons. The largest absolute Gasteiger partial charge is 3.00 e. The van der Waals surface area contributed by atoms with E-state index < -0.39 is 36.4 Å². The third-order valence-corrected chi connectivity index (χ3v) is 10.1. The molecule has 3 aromatic carbocycles. The fourth-order valence-electron chi connectivity index (χ4n) is 6.60. The number of hydrogen-bond acceptors (Lipinski definition) is 14. The van der Waals surface area contributed by atoms with Gasteiger partial charge in [0.1, 0.15) is 5.60 Å². The van der Waals surface area contributed by atoms with E-state index in [9.17, 15) is 44.1 Å². The molecule has 29 heteroatoms. The zero-order valence-corrected chi connectivity index (χ0v) is 43.4. The van der Waals surface area contributed by atoms with Gasteiger partial charge < -0.3 is 116 Å². The van der Waals surface area contributed by atoms with Gasteiger partial charge in [0.05, 0.1) is 43.7 Å². The number of carbonyl (C=O) groups is 6. The first-order chi connectivity index (χ1) is 29.0. The minimum atomic E-state index is -2.97. The van der Waals surface area contributed by atoms with Crippen molar-refractivity contribution in [2.45, 2.75) is 57.3 Å². The molecule has 424 valence electrons. The van der Waals surface area contributed by atoms with Gasteiger partial charge in [-0.2, -0.15) is 0 Å². The van der Waals surface area contributed by atoms with Gasteiger partial charge in [-0.1, -0.05) is 91.0 Å². The summed E-state index contributed by atoms with van der Waals surface area (Å²) in [6.07, 6.45) is -2.72. The van der Waals surface area contributed by atoms with Crippen LogP contribution in [0.25, 0.3) is 0 Å². The summed E-state index contributed by atoms with van der Waals surface area (Å²) in [6.45, 7) is 12.0. The van der Waals surface area contributed by atoms with Crippen molar-refractivity contribution in [2.75, 3.05) is 72.0 Å². The van der Waals surface area contributed by atoms with Gasteiger partial charge in [0.2, 0.25) is 17.7 Å². The van der Waals surface area contributed by atoms with Crippen LogP contribution in [0.5, 0.6) is 0 Å². The van der Waals surface area contributed by atoms with Gasteiger partial charge in [-0.3, -0.25) is 29.1 Å². The number of carboxylic acid groups (broad SMARTS) is 3. The fourth-order valence-corrected chi connectivity index (χ4v) is 6.60. The van der Waals surface area contributed by atoms with E-state index >= 15 is 0 Å². The second-order valence-corrected chi connectivity index (χ2v) is 15.1. The van der Waals surface area contributed by atoms with E-state index in [1.165, 1.54) is 0 Å². The topological polar surface area (TPSA) is 596 Å². The summed E-state index contributed by atoms with van der Waals surface area (Å²) in [4.78, 5) is 75.9. The first kappa shape index (κ1) is 91.1. The molecule has 3 amide bonds. The van der Waals surface area contributed by atoms with Crippen molar-refractivity contribution in [2.24, 2.45) is 0 Å². The van der Waals surface area contributed by atoms with Gasteiger partial charge in [-0.05, 0) is 37.5 Å². The number of carbonyl (C=O) groups excluding carboxylic acids is 6. The Labute approximate surface area is 464 Å². The third kappa shape index (κ3) is 36.1. The van der Waals surface area contributed by atoms with Crippen molar-refractivity contribution in [3.05, 3.63) is 108 Å². The summed E-state index contributed by atoms with van der Waals surface area (Å²) in [7, 11) is 0. The van der Waals surface area contributed by atoms with Crippen LogP contribution in [0.2, 0.25) is 0 Å². The maximum atomic E-state index is 13.3. The van der Waals surface area contributed by atoms with Gasteiger partial charge >= 0.3 is 49.4 Å². The van der Waals surface area contributed by atoms with Crippen LogP contribution in [-0.4, -0.2) is 193 Å². The molecule has 0 spiro atoms. The molecule has 27 N–H and O–H groups in total. The first-order valence-corrected chi connectivity index (χ1v) is 20.3. The Morgan fingerprint density at radius 1 is 0.479 bits per heavy atom. The molecule has 0 bridgehead atoms. The van der Waals surface area contributed by atoms with Crippen molar-refractivity contribution in [1.29, 1.82) is 0 Å². The van der Waals surface area contributed by atoms with E-state index in [1.807, 2.05) is 112 Å². The van der Waals surface area contributed by atoms with Crippen LogP contribution >= 0.6 is 0 Å². The first-order valence-electron chi connectivity index (χ1n) is 20.3. The molecule has 3 aromatic rings. The SMILES string of the molecule is C[C@H](NC(=O)CN1CCNCCN(CC(=O)N[C@@H](C)c2ccccc2)CCN(CC(=O)N[C@@H](C)c2ccccc2)CC1)c1ccccc1.O.O.O.O.O.O.O.O.O.O.O.O=C([O-])CC(O)(CC(=O)[O-])C(=O)[O-].[Eu+3]. The molecule has 4 rings (SSSR count). The second kappa shape index (κ2) is 48.4. The van der Waals surface area contributed by atoms with Gasteiger partial charge in [0.15, 0.2) is 0 Å². The van der Waals surface area contributed by atoms with E-state index in [1.54, 1.807) is 0 Å². The predicted molar refractivity (Wildman–Crippen MR) is 260 cm³/mol. The van der Waals surface area contributed by atoms with E-state index in [4.69, 9.17) is 5.11 Å². The molecular formula is C44H80EuN7O21. The van der Waals surface area contributed by atoms with Gasteiger partial charge in [0, 0.05) is 77.1 Å². The molecular weight excluding hydrogens is 1110 g/mol. The molecule has 0 saturated carbocycles. The number of nitrogens with zero attached hydrogens (tertiary/aromatic N) is 3. The molecule has 0 aromatic heterocycles. The van der Waals surface area contributed by atoms with E-state index in [-0.39, 0.29) is 165 Å². The van der Waals surface area contributed by atoms with Gasteiger partial charge in [-0.15, -0.1) is 0 Å². The Bertz CT molecular complexity index is 1780. The maximum Gasteiger partial charge on any atom is 3.00 e. The molecule has 28 nitrogen and oxygen atoms in total. The minimum Gasteiger partial charge on any atom is -0.550 e. The van der Waals surface area contributed by atoms with Gasteiger partial charge in [0.25, 0.3) is 0 Å². The van der Waals surface area contributed by atoms with Crippen LogP contribution in [0.1, 0.15) is 68.4 Å². The zero-order valence-electron chi connectivity index (χ0n) is 40.9. The molecule has 0 unspecified atom stereocenters. The van der Waals surface area contributed by atoms with Gasteiger partial charge in [-0.25, -0.2) is 0 Å². The summed E-state index contributed by atoms with van der Waals surface area (Å²) < 4.78 is 0. The normalized spacial score (nSPS) is 13.5. The molecule has 3 atom stereocenters. The maximum absolute atomic E-state index is 13.3. The number of hydrogen-bond donors (Lipinski definition) is 5. The Balaban J connectivity index is -0.000000176. The van der Waals surface area contributed by atoms with Crippen molar-refractivity contribution >= 4 is 35.6 Å². The van der Waals surface area contributed by atoms with Crippen molar-refractivity contribution in [3.8, 4) is 0 Å². The standard InChI is InChI=1S/C38H53N7O3.C6H8O7.Eu.11H2O/c1-30(33-13-7-4-8-14-33)40-36(46)27-43-21-19-39-20-22-44(28-37(47)41-31(2)34-15-9-5-10-16-34)24-26-45(25-23-43)29-38(48)42-32(3)35-17-11-6-12-18-35;7-3(8)1-6(13,5(11)12)2-4(9)10;;;;;;;;;;;;/h4-18,30-32,39H,19-29H2,1-3H3,(H,40,46)(H,41,47)(H,42,48);13H,1-2H2,(H,7,8)(H,9,10)(H,11,12);;11*1H2/q;;+3;;;;;;;;;;;/p-3/t30-,31-,32-;;;;;;;;;;;;;/m0............./s1. The molecule has 1 aliphatic rings. The van der Waals surface area contributed by atoms with Crippen LogP contribution in [0, 0.1) is 49.4 Å². The number of nitrogens with one attached hydrogen (secondary N) is 4. The van der Waals surface area contributed by atoms with Crippen molar-refractivity contribution < 1.29 is 159 Å². The van der Waals surface area contributed by atoms with Crippen LogP contribution < -0.4 is 36.6 Å². The molecule has 1 aliphatic heterocycles. The molecule has 1 fully saturated rings. The Morgan fingerprint density at radius 3 is 0.932 bits per heavy atom. The van der Waals surface area contributed by atoms with E-state index in [0.717, 1.165) is 16.7 Å². The summed E-state index contributed by atoms with van der Waals surface area (Å²) in [5.41, 5.74) is 0.208. The zero-order chi connectivity index (χ0) is 44.8. The van der Waals surface area contributed by atoms with E-state index in [0.29, 0.717) is 52.4 Å². The molecule has 73 heavy (non-hydrogen) atoms. The number of amides is 3. The average Bonchev–Trinajstić information content (AvgIpc) is 3.21. The molecule has 0 aliphatic carbocycles. The summed E-state index contributed by atoms with van der Waals surface area (Å²) in [6, 6.07) is 29.6.